The zero-order valence-corrected chi connectivity index (χ0v) is 15.9. The van der Waals surface area contributed by atoms with E-state index in [0.717, 1.165) is 18.0 Å². The van der Waals surface area contributed by atoms with Crippen LogP contribution in [0.15, 0.2) is 12.1 Å². The van der Waals surface area contributed by atoms with Gasteiger partial charge in [-0.25, -0.2) is 8.42 Å². The number of rotatable bonds is 3. The van der Waals surface area contributed by atoms with E-state index in [9.17, 15) is 8.42 Å². The molecule has 0 amide bonds. The molecule has 0 saturated heterocycles. The largest absolute Gasteiger partial charge is 0.486 e. The van der Waals surface area contributed by atoms with Crippen LogP contribution in [0.25, 0.3) is 0 Å². The summed E-state index contributed by atoms with van der Waals surface area (Å²) < 4.78 is 35.0. The van der Waals surface area contributed by atoms with Gasteiger partial charge in [-0.15, -0.1) is 0 Å². The predicted molar refractivity (Wildman–Crippen MR) is 97.3 cm³/mol. The van der Waals surface area contributed by atoms with Gasteiger partial charge < -0.3 is 9.47 Å². The van der Waals surface area contributed by atoms with Gasteiger partial charge >= 0.3 is 0 Å². The summed E-state index contributed by atoms with van der Waals surface area (Å²) in [6.45, 7) is 4.91. The van der Waals surface area contributed by atoms with Gasteiger partial charge in [0, 0.05) is 30.8 Å². The zero-order chi connectivity index (χ0) is 17.7. The number of hydrogen-bond acceptors (Lipinski definition) is 5. The maximum atomic E-state index is 11.7. The molecule has 3 aliphatic rings. The van der Waals surface area contributed by atoms with Crippen LogP contribution in [0.3, 0.4) is 0 Å². The highest BCUT2D eigenvalue weighted by Gasteiger charge is 2.45. The average molecular weight is 365 g/mol. The molecular weight excluding hydrogens is 338 g/mol. The second kappa shape index (κ2) is 6.16. The van der Waals surface area contributed by atoms with E-state index in [1.165, 1.54) is 43.1 Å². The predicted octanol–water partition coefficient (Wildman–Crippen LogP) is 2.69. The summed E-state index contributed by atoms with van der Waals surface area (Å²) in [7, 11) is -2.96. The number of sulfone groups is 1. The topological polar surface area (TPSA) is 55.8 Å². The third-order valence-corrected chi connectivity index (χ3v) is 7.02. The molecule has 2 aliphatic heterocycles. The molecule has 25 heavy (non-hydrogen) atoms. The molecular formula is C19H27NO4S. The van der Waals surface area contributed by atoms with Gasteiger partial charge in [-0.3, -0.25) is 4.90 Å². The van der Waals surface area contributed by atoms with E-state index in [0.29, 0.717) is 19.8 Å². The fraction of sp³-hybridized carbons (Fsp3) is 0.684. The number of hydrogen-bond donors (Lipinski definition) is 0. The summed E-state index contributed by atoms with van der Waals surface area (Å²) in [5.41, 5.74) is 2.82. The number of fused-ring (bicyclic) bond motifs is 3. The molecule has 1 unspecified atom stereocenters. The second-order valence-corrected chi connectivity index (χ2v) is 10.1. The number of ether oxygens (including phenoxy) is 2. The van der Waals surface area contributed by atoms with Crippen LogP contribution in [0.2, 0.25) is 0 Å². The molecule has 0 radical (unpaired) electrons. The van der Waals surface area contributed by atoms with Crippen LogP contribution in [0.5, 0.6) is 11.5 Å². The van der Waals surface area contributed by atoms with E-state index in [2.05, 4.69) is 24.0 Å². The Morgan fingerprint density at radius 2 is 1.80 bits per heavy atom. The van der Waals surface area contributed by atoms with Crippen LogP contribution in [0.4, 0.5) is 0 Å². The Balaban J connectivity index is 1.74. The molecule has 5 nitrogen and oxygen atoms in total. The molecule has 138 valence electrons. The van der Waals surface area contributed by atoms with Crippen molar-refractivity contribution in [3.8, 4) is 11.5 Å². The number of nitrogens with zero attached hydrogens (tertiary/aromatic N) is 1. The highest BCUT2D eigenvalue weighted by atomic mass is 32.2. The lowest BCUT2D eigenvalue weighted by Gasteiger charge is -2.46. The van der Waals surface area contributed by atoms with Crippen molar-refractivity contribution in [2.75, 3.05) is 38.3 Å². The first-order valence-corrected chi connectivity index (χ1v) is 11.3. The molecule has 1 aromatic carbocycles. The van der Waals surface area contributed by atoms with E-state index < -0.39 is 9.84 Å². The van der Waals surface area contributed by atoms with Crippen LogP contribution < -0.4 is 9.47 Å². The standard InChI is InChI=1S/C19H27NO4S/c1-14-15-11-17-18(24-9-8-23-17)12-16(15)19(5-3-4-6-19)13-20(14)7-10-25(2,21)22/h11-12,14H,3-10,13H2,1-2H3. The SMILES string of the molecule is CC1c2cc3c(cc2C2(CCCC2)CN1CCS(C)(=O)=O)OCCO3. The maximum absolute atomic E-state index is 11.7. The molecule has 1 atom stereocenters. The van der Waals surface area contributed by atoms with E-state index in [1.54, 1.807) is 0 Å². The Bertz CT molecular complexity index is 768. The summed E-state index contributed by atoms with van der Waals surface area (Å²) in [6.07, 6.45) is 6.14. The van der Waals surface area contributed by atoms with Crippen LogP contribution >= 0.6 is 0 Å². The summed E-state index contributed by atoms with van der Waals surface area (Å²) >= 11 is 0. The minimum atomic E-state index is -2.96. The molecule has 0 N–H and O–H groups in total. The molecule has 1 saturated carbocycles. The molecule has 4 rings (SSSR count). The number of benzene rings is 1. The van der Waals surface area contributed by atoms with Gasteiger partial charge in [0.15, 0.2) is 11.5 Å². The van der Waals surface area contributed by atoms with Crippen molar-refractivity contribution < 1.29 is 17.9 Å². The molecule has 1 aliphatic carbocycles. The van der Waals surface area contributed by atoms with Crippen molar-refractivity contribution in [2.24, 2.45) is 0 Å². The van der Waals surface area contributed by atoms with Crippen molar-refractivity contribution in [1.29, 1.82) is 0 Å². The first-order valence-electron chi connectivity index (χ1n) is 9.24. The maximum Gasteiger partial charge on any atom is 0.161 e. The first-order chi connectivity index (χ1) is 11.9. The highest BCUT2D eigenvalue weighted by Crippen LogP contribution is 2.51. The Labute approximate surface area is 150 Å². The molecule has 0 aromatic heterocycles. The van der Waals surface area contributed by atoms with E-state index in [1.807, 2.05) is 0 Å². The van der Waals surface area contributed by atoms with Crippen molar-refractivity contribution in [3.05, 3.63) is 23.3 Å². The van der Waals surface area contributed by atoms with Crippen LogP contribution in [-0.2, 0) is 15.3 Å². The molecule has 1 spiro atoms. The Morgan fingerprint density at radius 3 is 2.44 bits per heavy atom. The fourth-order valence-electron chi connectivity index (χ4n) is 4.75. The van der Waals surface area contributed by atoms with Crippen molar-refractivity contribution in [3.63, 3.8) is 0 Å². The monoisotopic (exact) mass is 365 g/mol. The fourth-order valence-corrected chi connectivity index (χ4v) is 5.32. The van der Waals surface area contributed by atoms with Crippen molar-refractivity contribution >= 4 is 9.84 Å². The quantitative estimate of drug-likeness (QED) is 0.824. The van der Waals surface area contributed by atoms with Crippen LogP contribution in [0.1, 0.15) is 49.8 Å². The van der Waals surface area contributed by atoms with Gasteiger partial charge in [0.1, 0.15) is 23.1 Å². The first kappa shape index (κ1) is 17.2. The molecule has 0 bridgehead atoms. The van der Waals surface area contributed by atoms with Crippen LogP contribution in [-0.4, -0.2) is 51.6 Å². The lowest BCUT2D eigenvalue weighted by Crippen LogP contribution is -2.47. The van der Waals surface area contributed by atoms with Gasteiger partial charge in [0.25, 0.3) is 0 Å². The van der Waals surface area contributed by atoms with Gasteiger partial charge in [0.05, 0.1) is 5.75 Å². The van der Waals surface area contributed by atoms with Gasteiger partial charge in [0.2, 0.25) is 0 Å². The lowest BCUT2D eigenvalue weighted by atomic mass is 9.71. The van der Waals surface area contributed by atoms with Crippen LogP contribution in [0, 0.1) is 0 Å². The second-order valence-electron chi connectivity index (χ2n) is 7.85. The average Bonchev–Trinajstić information content (AvgIpc) is 3.04. The minimum Gasteiger partial charge on any atom is -0.486 e. The zero-order valence-electron chi connectivity index (χ0n) is 15.1. The summed E-state index contributed by atoms with van der Waals surface area (Å²) in [5.74, 6) is 1.91. The Morgan fingerprint density at radius 1 is 1.16 bits per heavy atom. The minimum absolute atomic E-state index is 0.134. The highest BCUT2D eigenvalue weighted by molar-refractivity contribution is 7.90. The van der Waals surface area contributed by atoms with E-state index in [-0.39, 0.29) is 17.2 Å². The lowest BCUT2D eigenvalue weighted by molar-refractivity contribution is 0.139. The van der Waals surface area contributed by atoms with Gasteiger partial charge in [-0.05, 0) is 43.0 Å². The van der Waals surface area contributed by atoms with E-state index >= 15 is 0 Å². The smallest absolute Gasteiger partial charge is 0.161 e. The summed E-state index contributed by atoms with van der Waals surface area (Å²) in [6, 6.07) is 4.54. The Hall–Kier alpha value is -1.27. The molecule has 2 heterocycles. The molecule has 1 aromatic rings. The van der Waals surface area contributed by atoms with Gasteiger partial charge in [-0.2, -0.15) is 0 Å². The van der Waals surface area contributed by atoms with Crippen molar-refractivity contribution in [1.82, 2.24) is 4.90 Å². The third-order valence-electron chi connectivity index (χ3n) is 6.10. The van der Waals surface area contributed by atoms with Crippen molar-refractivity contribution in [2.45, 2.75) is 44.1 Å². The third kappa shape index (κ3) is 3.14. The Kier molecular flexibility index (Phi) is 4.23. The molecule has 1 fully saturated rings. The normalized spacial score (nSPS) is 25.1. The van der Waals surface area contributed by atoms with Gasteiger partial charge in [-0.1, -0.05) is 12.8 Å². The summed E-state index contributed by atoms with van der Waals surface area (Å²) in [5, 5.41) is 0. The van der Waals surface area contributed by atoms with E-state index in [4.69, 9.17) is 9.47 Å². The summed E-state index contributed by atoms with van der Waals surface area (Å²) in [4.78, 5) is 2.35. The molecule has 6 heteroatoms.